The van der Waals surface area contributed by atoms with E-state index < -0.39 is 0 Å². The van der Waals surface area contributed by atoms with E-state index in [1.807, 2.05) is 37.3 Å². The first-order chi connectivity index (χ1) is 12.2. The number of urea groups is 1. The molecule has 4 nitrogen and oxygen atoms in total. The van der Waals surface area contributed by atoms with Crippen molar-refractivity contribution in [3.05, 3.63) is 69.2 Å². The standard InChI is InChI=1S/C20H19BrN2O2/c1-2-25-17-10-8-13(11-16(17)21)18-15-9-7-12-5-3-4-6-14(12)19(15)23-20(24)22-18/h3-6,8,10-11,18H,2,7,9H2,1H3,(H2,22,23,24). The van der Waals surface area contributed by atoms with Crippen LogP contribution >= 0.6 is 15.9 Å². The summed E-state index contributed by atoms with van der Waals surface area (Å²) in [5, 5.41) is 6.09. The van der Waals surface area contributed by atoms with Crippen molar-refractivity contribution in [3.8, 4) is 5.75 Å². The highest BCUT2D eigenvalue weighted by molar-refractivity contribution is 9.10. The average Bonchev–Trinajstić information content (AvgIpc) is 2.63. The van der Waals surface area contributed by atoms with Crippen molar-refractivity contribution in [2.24, 2.45) is 0 Å². The highest BCUT2D eigenvalue weighted by Gasteiger charge is 2.32. The molecule has 2 N–H and O–H groups in total. The van der Waals surface area contributed by atoms with Gasteiger partial charge in [-0.3, -0.25) is 0 Å². The molecule has 25 heavy (non-hydrogen) atoms. The predicted molar refractivity (Wildman–Crippen MR) is 101 cm³/mol. The monoisotopic (exact) mass is 398 g/mol. The lowest BCUT2D eigenvalue weighted by Crippen LogP contribution is -2.44. The van der Waals surface area contributed by atoms with Crippen LogP contribution in [0.5, 0.6) is 5.75 Å². The Morgan fingerprint density at radius 1 is 1.20 bits per heavy atom. The Morgan fingerprint density at radius 2 is 2.04 bits per heavy atom. The quantitative estimate of drug-likeness (QED) is 0.795. The van der Waals surface area contributed by atoms with Crippen LogP contribution in [0.25, 0.3) is 5.70 Å². The fourth-order valence-corrected chi connectivity index (χ4v) is 4.12. The van der Waals surface area contributed by atoms with E-state index in [0.717, 1.165) is 39.9 Å². The predicted octanol–water partition coefficient (Wildman–Crippen LogP) is 4.56. The van der Waals surface area contributed by atoms with Crippen molar-refractivity contribution in [1.82, 2.24) is 10.6 Å². The molecule has 1 atom stereocenters. The van der Waals surface area contributed by atoms with E-state index in [0.29, 0.717) is 6.61 Å². The minimum atomic E-state index is -0.162. The number of carbonyl (C=O) groups excluding carboxylic acids is 1. The lowest BCUT2D eigenvalue weighted by atomic mass is 9.83. The molecule has 0 spiro atoms. The number of fused-ring (bicyclic) bond motifs is 2. The molecular formula is C20H19BrN2O2. The number of ether oxygens (including phenoxy) is 1. The molecule has 0 saturated carbocycles. The number of carbonyl (C=O) groups is 1. The summed E-state index contributed by atoms with van der Waals surface area (Å²) in [6, 6.07) is 14.0. The lowest BCUT2D eigenvalue weighted by molar-refractivity contribution is 0.240. The summed E-state index contributed by atoms with van der Waals surface area (Å²) in [7, 11) is 0. The first kappa shape index (κ1) is 16.2. The highest BCUT2D eigenvalue weighted by Crippen LogP contribution is 2.40. The topological polar surface area (TPSA) is 50.4 Å². The van der Waals surface area contributed by atoms with Gasteiger partial charge >= 0.3 is 6.03 Å². The third kappa shape index (κ3) is 2.93. The molecule has 128 valence electrons. The first-order valence-corrected chi connectivity index (χ1v) is 9.27. The van der Waals surface area contributed by atoms with Crippen LogP contribution in [-0.2, 0) is 6.42 Å². The molecule has 1 heterocycles. The SMILES string of the molecule is CCOc1ccc(C2NC(=O)NC3=C2CCc2ccccc23)cc1Br. The van der Waals surface area contributed by atoms with Crippen LogP contribution in [0.4, 0.5) is 4.79 Å². The molecule has 0 radical (unpaired) electrons. The smallest absolute Gasteiger partial charge is 0.319 e. The molecule has 2 aromatic carbocycles. The van der Waals surface area contributed by atoms with E-state index in [1.54, 1.807) is 0 Å². The van der Waals surface area contributed by atoms with Crippen molar-refractivity contribution >= 4 is 27.7 Å². The molecule has 1 aliphatic carbocycles. The molecule has 1 unspecified atom stereocenters. The Hall–Kier alpha value is -2.27. The van der Waals surface area contributed by atoms with Gasteiger partial charge in [-0.15, -0.1) is 0 Å². The molecule has 0 aromatic heterocycles. The van der Waals surface area contributed by atoms with Crippen LogP contribution in [0.1, 0.15) is 36.1 Å². The largest absolute Gasteiger partial charge is 0.493 e. The van der Waals surface area contributed by atoms with Gasteiger partial charge in [0.05, 0.1) is 22.8 Å². The minimum absolute atomic E-state index is 0.121. The van der Waals surface area contributed by atoms with Gasteiger partial charge in [-0.05, 0) is 64.5 Å². The number of aryl methyl sites for hydroxylation is 1. The molecule has 0 saturated heterocycles. The fourth-order valence-electron chi connectivity index (χ4n) is 3.61. The van der Waals surface area contributed by atoms with Crippen molar-refractivity contribution in [2.45, 2.75) is 25.8 Å². The van der Waals surface area contributed by atoms with Gasteiger partial charge in [0.25, 0.3) is 0 Å². The Morgan fingerprint density at radius 3 is 2.84 bits per heavy atom. The van der Waals surface area contributed by atoms with Gasteiger partial charge in [0.15, 0.2) is 0 Å². The zero-order valence-corrected chi connectivity index (χ0v) is 15.5. The normalized spacial score (nSPS) is 18.8. The minimum Gasteiger partial charge on any atom is -0.493 e. The van der Waals surface area contributed by atoms with Gasteiger partial charge in [0, 0.05) is 5.56 Å². The maximum Gasteiger partial charge on any atom is 0.319 e. The van der Waals surface area contributed by atoms with Crippen LogP contribution in [0.2, 0.25) is 0 Å². The number of rotatable bonds is 3. The number of nitrogens with one attached hydrogen (secondary N) is 2. The van der Waals surface area contributed by atoms with Gasteiger partial charge < -0.3 is 15.4 Å². The van der Waals surface area contributed by atoms with Crippen LogP contribution in [0.15, 0.2) is 52.5 Å². The number of halogens is 1. The molecular weight excluding hydrogens is 380 g/mol. The van der Waals surface area contributed by atoms with E-state index in [-0.39, 0.29) is 12.1 Å². The van der Waals surface area contributed by atoms with Crippen molar-refractivity contribution in [1.29, 1.82) is 0 Å². The van der Waals surface area contributed by atoms with E-state index >= 15 is 0 Å². The summed E-state index contributed by atoms with van der Waals surface area (Å²) in [5.74, 6) is 0.815. The van der Waals surface area contributed by atoms with Crippen LogP contribution in [-0.4, -0.2) is 12.6 Å². The number of benzene rings is 2. The zero-order valence-electron chi connectivity index (χ0n) is 13.9. The molecule has 2 aromatic rings. The molecule has 2 amide bonds. The highest BCUT2D eigenvalue weighted by atomic mass is 79.9. The first-order valence-electron chi connectivity index (χ1n) is 8.48. The van der Waals surface area contributed by atoms with Crippen LogP contribution < -0.4 is 15.4 Å². The van der Waals surface area contributed by atoms with E-state index in [4.69, 9.17) is 4.74 Å². The van der Waals surface area contributed by atoms with Gasteiger partial charge in [-0.1, -0.05) is 30.3 Å². The second-order valence-corrected chi connectivity index (χ2v) is 7.07. The van der Waals surface area contributed by atoms with Crippen LogP contribution in [0, 0.1) is 0 Å². The van der Waals surface area contributed by atoms with Gasteiger partial charge in [0.1, 0.15) is 5.75 Å². The second kappa shape index (κ2) is 6.56. The molecule has 0 bridgehead atoms. The van der Waals surface area contributed by atoms with Crippen molar-refractivity contribution < 1.29 is 9.53 Å². The number of amides is 2. The molecule has 1 aliphatic heterocycles. The summed E-state index contributed by atoms with van der Waals surface area (Å²) >= 11 is 3.57. The van der Waals surface area contributed by atoms with E-state index in [9.17, 15) is 4.79 Å². The Kier molecular flexibility index (Phi) is 4.25. The molecule has 4 rings (SSSR count). The Balaban J connectivity index is 1.78. The van der Waals surface area contributed by atoms with Gasteiger partial charge in [-0.2, -0.15) is 0 Å². The molecule has 2 aliphatic rings. The third-order valence-corrected chi connectivity index (χ3v) is 5.34. The maximum atomic E-state index is 12.3. The van der Waals surface area contributed by atoms with Gasteiger partial charge in [0.2, 0.25) is 0 Å². The fraction of sp³-hybridized carbons (Fsp3) is 0.250. The number of hydrogen-bond acceptors (Lipinski definition) is 2. The number of hydrogen-bond donors (Lipinski definition) is 2. The van der Waals surface area contributed by atoms with E-state index in [1.165, 1.54) is 11.1 Å². The van der Waals surface area contributed by atoms with E-state index in [2.05, 4.69) is 38.7 Å². The van der Waals surface area contributed by atoms with Gasteiger partial charge in [-0.25, -0.2) is 4.79 Å². The van der Waals surface area contributed by atoms with Crippen molar-refractivity contribution in [3.63, 3.8) is 0 Å². The van der Waals surface area contributed by atoms with Crippen LogP contribution in [0.3, 0.4) is 0 Å². The zero-order chi connectivity index (χ0) is 17.4. The Bertz CT molecular complexity index is 876. The summed E-state index contributed by atoms with van der Waals surface area (Å²) in [6.07, 6.45) is 1.91. The third-order valence-electron chi connectivity index (χ3n) is 4.72. The summed E-state index contributed by atoms with van der Waals surface area (Å²) < 4.78 is 6.50. The second-order valence-electron chi connectivity index (χ2n) is 6.21. The van der Waals surface area contributed by atoms with Crippen molar-refractivity contribution in [2.75, 3.05) is 6.61 Å². The summed E-state index contributed by atoms with van der Waals surface area (Å²) in [6.45, 7) is 2.58. The summed E-state index contributed by atoms with van der Waals surface area (Å²) in [5.41, 5.74) is 5.66. The Labute approximate surface area is 155 Å². The summed E-state index contributed by atoms with van der Waals surface area (Å²) in [4.78, 5) is 12.3. The molecule has 0 fully saturated rings. The average molecular weight is 399 g/mol. The molecule has 5 heteroatoms. The maximum absolute atomic E-state index is 12.3. The lowest BCUT2D eigenvalue weighted by Gasteiger charge is -2.34.